The van der Waals surface area contributed by atoms with E-state index in [-0.39, 0.29) is 18.4 Å². The third kappa shape index (κ3) is 2.84. The van der Waals surface area contributed by atoms with E-state index in [0.717, 1.165) is 22.6 Å². The van der Waals surface area contributed by atoms with Crippen LogP contribution in [0.15, 0.2) is 48.9 Å². The Morgan fingerprint density at radius 1 is 1.20 bits per heavy atom. The van der Waals surface area contributed by atoms with Crippen LogP contribution in [0.2, 0.25) is 0 Å². The number of amides is 1. The summed E-state index contributed by atoms with van der Waals surface area (Å²) in [4.78, 5) is 16.9. The SMILES string of the molecule is Cc1cccn2cc(CC(=O)N[C@@H](C)c3nnc4ccccn34)nc12. The molecule has 7 heteroatoms. The fourth-order valence-electron chi connectivity index (χ4n) is 2.97. The van der Waals surface area contributed by atoms with Crippen LogP contribution in [0.3, 0.4) is 0 Å². The topological polar surface area (TPSA) is 76.6 Å². The van der Waals surface area contributed by atoms with E-state index >= 15 is 0 Å². The van der Waals surface area contributed by atoms with Crippen LogP contribution in [-0.2, 0) is 11.2 Å². The zero-order valence-electron chi connectivity index (χ0n) is 14.0. The molecule has 126 valence electrons. The maximum Gasteiger partial charge on any atom is 0.226 e. The molecule has 0 fully saturated rings. The highest BCUT2D eigenvalue weighted by atomic mass is 16.1. The Morgan fingerprint density at radius 3 is 2.92 bits per heavy atom. The van der Waals surface area contributed by atoms with Crippen LogP contribution in [0.5, 0.6) is 0 Å². The molecule has 0 spiro atoms. The lowest BCUT2D eigenvalue weighted by Crippen LogP contribution is -2.29. The first-order chi connectivity index (χ1) is 12.1. The Morgan fingerprint density at radius 2 is 2.08 bits per heavy atom. The van der Waals surface area contributed by atoms with E-state index < -0.39 is 0 Å². The normalized spacial score (nSPS) is 12.6. The number of imidazole rings is 1. The molecular weight excluding hydrogens is 316 g/mol. The van der Waals surface area contributed by atoms with E-state index in [9.17, 15) is 4.79 Å². The van der Waals surface area contributed by atoms with Crippen molar-refractivity contribution in [2.45, 2.75) is 26.3 Å². The molecule has 0 aliphatic carbocycles. The van der Waals surface area contributed by atoms with Gasteiger partial charge in [0, 0.05) is 18.6 Å². The van der Waals surface area contributed by atoms with Crippen LogP contribution in [0, 0.1) is 6.92 Å². The van der Waals surface area contributed by atoms with Crippen molar-refractivity contribution in [1.29, 1.82) is 0 Å². The van der Waals surface area contributed by atoms with Gasteiger partial charge >= 0.3 is 0 Å². The number of fused-ring (bicyclic) bond motifs is 2. The number of aryl methyl sites for hydroxylation is 1. The van der Waals surface area contributed by atoms with E-state index in [2.05, 4.69) is 20.5 Å². The molecule has 4 rings (SSSR count). The molecule has 25 heavy (non-hydrogen) atoms. The molecule has 1 amide bonds. The predicted octanol–water partition coefficient (Wildman–Crippen LogP) is 2.11. The number of aromatic nitrogens is 5. The monoisotopic (exact) mass is 334 g/mol. The minimum Gasteiger partial charge on any atom is -0.346 e. The summed E-state index contributed by atoms with van der Waals surface area (Å²) in [5.74, 6) is 0.607. The van der Waals surface area contributed by atoms with Crippen LogP contribution < -0.4 is 5.32 Å². The quantitative estimate of drug-likeness (QED) is 0.620. The molecule has 0 saturated carbocycles. The molecule has 0 aliphatic rings. The highest BCUT2D eigenvalue weighted by molar-refractivity contribution is 5.78. The zero-order chi connectivity index (χ0) is 17.4. The van der Waals surface area contributed by atoms with Gasteiger partial charge in [0.2, 0.25) is 5.91 Å². The number of pyridine rings is 2. The molecule has 0 aliphatic heterocycles. The number of carbonyl (C=O) groups is 1. The average Bonchev–Trinajstić information content (AvgIpc) is 3.19. The largest absolute Gasteiger partial charge is 0.346 e. The van der Waals surface area contributed by atoms with Crippen molar-refractivity contribution in [2.24, 2.45) is 0 Å². The van der Waals surface area contributed by atoms with E-state index in [4.69, 9.17) is 0 Å². The summed E-state index contributed by atoms with van der Waals surface area (Å²) in [6.07, 6.45) is 5.93. The minimum atomic E-state index is -0.247. The average molecular weight is 334 g/mol. The molecule has 0 bridgehead atoms. The summed E-state index contributed by atoms with van der Waals surface area (Å²) < 4.78 is 3.81. The van der Waals surface area contributed by atoms with Crippen molar-refractivity contribution in [3.05, 3.63) is 66.0 Å². The van der Waals surface area contributed by atoms with Crippen molar-refractivity contribution in [3.63, 3.8) is 0 Å². The Bertz CT molecular complexity index is 1060. The lowest BCUT2D eigenvalue weighted by atomic mass is 10.2. The fourth-order valence-corrected chi connectivity index (χ4v) is 2.97. The van der Waals surface area contributed by atoms with Crippen LogP contribution >= 0.6 is 0 Å². The summed E-state index contributed by atoms with van der Waals surface area (Å²) in [7, 11) is 0. The molecule has 0 unspecified atom stereocenters. The molecule has 0 aromatic carbocycles. The van der Waals surface area contributed by atoms with Crippen molar-refractivity contribution in [1.82, 2.24) is 29.3 Å². The number of hydrogen-bond acceptors (Lipinski definition) is 4. The maximum atomic E-state index is 12.4. The zero-order valence-corrected chi connectivity index (χ0v) is 14.0. The van der Waals surface area contributed by atoms with Gasteiger partial charge < -0.3 is 9.72 Å². The Kier molecular flexibility index (Phi) is 3.68. The van der Waals surface area contributed by atoms with Crippen molar-refractivity contribution >= 4 is 17.2 Å². The number of carbonyl (C=O) groups excluding carboxylic acids is 1. The van der Waals surface area contributed by atoms with Gasteiger partial charge in [-0.05, 0) is 37.6 Å². The molecule has 4 heterocycles. The van der Waals surface area contributed by atoms with Crippen LogP contribution in [0.25, 0.3) is 11.3 Å². The van der Waals surface area contributed by atoms with Gasteiger partial charge in [-0.3, -0.25) is 9.20 Å². The standard InChI is InChI=1S/C18H18N6O/c1-12-6-5-8-23-11-14(20-17(12)23)10-16(25)19-13(2)18-22-21-15-7-3-4-9-24(15)18/h3-9,11,13H,10H2,1-2H3,(H,19,25)/t13-/m0/s1. The number of nitrogens with one attached hydrogen (secondary N) is 1. The highest BCUT2D eigenvalue weighted by Gasteiger charge is 2.16. The van der Waals surface area contributed by atoms with Gasteiger partial charge in [-0.2, -0.15) is 0 Å². The van der Waals surface area contributed by atoms with Crippen molar-refractivity contribution in [2.75, 3.05) is 0 Å². The van der Waals surface area contributed by atoms with Gasteiger partial charge in [0.25, 0.3) is 0 Å². The molecule has 7 nitrogen and oxygen atoms in total. The van der Waals surface area contributed by atoms with Gasteiger partial charge in [0.1, 0.15) is 5.65 Å². The van der Waals surface area contributed by atoms with Gasteiger partial charge in [-0.25, -0.2) is 4.98 Å². The molecule has 0 saturated heterocycles. The summed E-state index contributed by atoms with van der Waals surface area (Å²) in [5.41, 5.74) is 3.46. The summed E-state index contributed by atoms with van der Waals surface area (Å²) in [5, 5.41) is 11.3. The fraction of sp³-hybridized carbons (Fsp3) is 0.222. The first-order valence-electron chi connectivity index (χ1n) is 8.14. The van der Waals surface area contributed by atoms with E-state index in [1.54, 1.807) is 0 Å². The Balaban J connectivity index is 1.50. The summed E-state index contributed by atoms with van der Waals surface area (Å²) >= 11 is 0. The highest BCUT2D eigenvalue weighted by Crippen LogP contribution is 2.13. The lowest BCUT2D eigenvalue weighted by molar-refractivity contribution is -0.121. The van der Waals surface area contributed by atoms with Crippen LogP contribution in [0.1, 0.15) is 30.0 Å². The van der Waals surface area contributed by atoms with Gasteiger partial charge in [0.15, 0.2) is 11.5 Å². The second-order valence-corrected chi connectivity index (χ2v) is 6.11. The molecule has 1 atom stereocenters. The molecule has 4 aromatic rings. The van der Waals surface area contributed by atoms with Crippen LogP contribution in [0.4, 0.5) is 0 Å². The Labute approximate surface area is 144 Å². The smallest absolute Gasteiger partial charge is 0.226 e. The number of hydrogen-bond donors (Lipinski definition) is 1. The van der Waals surface area contributed by atoms with Crippen molar-refractivity contribution in [3.8, 4) is 0 Å². The number of rotatable bonds is 4. The molecule has 0 radical (unpaired) electrons. The number of nitrogens with zero attached hydrogens (tertiary/aromatic N) is 5. The molecule has 1 N–H and O–H groups in total. The molecular formula is C18H18N6O. The second-order valence-electron chi connectivity index (χ2n) is 6.11. The van der Waals surface area contributed by atoms with Gasteiger partial charge in [-0.15, -0.1) is 10.2 Å². The molecule has 4 aromatic heterocycles. The third-order valence-electron chi connectivity index (χ3n) is 4.17. The van der Waals surface area contributed by atoms with E-state index in [1.807, 2.05) is 71.6 Å². The van der Waals surface area contributed by atoms with Crippen LogP contribution in [-0.4, -0.2) is 29.9 Å². The summed E-state index contributed by atoms with van der Waals surface area (Å²) in [6, 6.07) is 9.42. The van der Waals surface area contributed by atoms with Gasteiger partial charge in [0.05, 0.1) is 18.2 Å². The predicted molar refractivity (Wildman–Crippen MR) is 93.2 cm³/mol. The van der Waals surface area contributed by atoms with E-state index in [0.29, 0.717) is 5.82 Å². The Hall–Kier alpha value is -3.22. The maximum absolute atomic E-state index is 12.4. The minimum absolute atomic E-state index is 0.0961. The van der Waals surface area contributed by atoms with E-state index in [1.165, 1.54) is 0 Å². The first kappa shape index (κ1) is 15.3. The van der Waals surface area contributed by atoms with Crippen molar-refractivity contribution < 1.29 is 4.79 Å². The summed E-state index contributed by atoms with van der Waals surface area (Å²) in [6.45, 7) is 3.90. The third-order valence-corrected chi connectivity index (χ3v) is 4.17. The first-order valence-corrected chi connectivity index (χ1v) is 8.14. The second kappa shape index (κ2) is 6.01. The van der Waals surface area contributed by atoms with Gasteiger partial charge in [-0.1, -0.05) is 12.1 Å². The lowest BCUT2D eigenvalue weighted by Gasteiger charge is -2.11.